The predicted molar refractivity (Wildman–Crippen MR) is 97.3 cm³/mol. The van der Waals surface area contributed by atoms with Gasteiger partial charge in [0.25, 0.3) is 0 Å². The Morgan fingerprint density at radius 1 is 1.12 bits per heavy atom. The summed E-state index contributed by atoms with van der Waals surface area (Å²) < 4.78 is 18.7. The van der Waals surface area contributed by atoms with Crippen molar-refractivity contribution in [2.45, 2.75) is 12.8 Å². The third kappa shape index (κ3) is 6.93. The van der Waals surface area contributed by atoms with Gasteiger partial charge in [0.2, 0.25) is 11.8 Å². The molecule has 2 aromatic carbocycles. The number of hydrogen-bond donors (Lipinski definition) is 1. The Morgan fingerprint density at radius 2 is 1.88 bits per heavy atom. The van der Waals surface area contributed by atoms with E-state index in [1.54, 1.807) is 24.1 Å². The minimum atomic E-state index is -0.385. The molecule has 0 heterocycles. The molecule has 2 amide bonds. The van der Waals surface area contributed by atoms with Crippen LogP contribution in [0.1, 0.15) is 12.0 Å². The number of hydrogen-bond acceptors (Lipinski definition) is 3. The first kappa shape index (κ1) is 19.4. The van der Waals surface area contributed by atoms with E-state index in [1.165, 1.54) is 12.1 Å². The number of likely N-dealkylation sites (N-methyl/N-ethyl adjacent to an activating group) is 1. The smallest absolute Gasteiger partial charge is 0.241 e. The van der Waals surface area contributed by atoms with Crippen LogP contribution in [-0.2, 0) is 16.0 Å². The minimum Gasteiger partial charge on any atom is -0.494 e. The molecule has 138 valence electrons. The van der Waals surface area contributed by atoms with Gasteiger partial charge < -0.3 is 15.0 Å². The van der Waals surface area contributed by atoms with Gasteiger partial charge in [-0.05, 0) is 36.2 Å². The molecular weight excluding hydrogens is 335 g/mol. The van der Waals surface area contributed by atoms with Crippen molar-refractivity contribution in [2.24, 2.45) is 0 Å². The molecule has 0 fully saturated rings. The molecule has 2 aromatic rings. The summed E-state index contributed by atoms with van der Waals surface area (Å²) >= 11 is 0. The number of halogens is 1. The Labute approximate surface area is 152 Å². The molecule has 0 aliphatic heterocycles. The first-order valence-electron chi connectivity index (χ1n) is 8.47. The first-order chi connectivity index (χ1) is 12.5. The number of nitrogens with one attached hydrogen (secondary N) is 1. The van der Waals surface area contributed by atoms with E-state index in [1.807, 2.05) is 30.3 Å². The van der Waals surface area contributed by atoms with Gasteiger partial charge in [0.05, 0.1) is 19.6 Å². The highest BCUT2D eigenvalue weighted by atomic mass is 19.1. The molecule has 0 aliphatic carbocycles. The van der Waals surface area contributed by atoms with Crippen molar-refractivity contribution in [2.75, 3.05) is 26.7 Å². The number of nitrogens with zero attached hydrogens (tertiary/aromatic N) is 1. The molecule has 6 heteroatoms. The van der Waals surface area contributed by atoms with E-state index >= 15 is 0 Å². The highest BCUT2D eigenvalue weighted by Crippen LogP contribution is 2.08. The van der Waals surface area contributed by atoms with Gasteiger partial charge in [-0.3, -0.25) is 9.59 Å². The first-order valence-corrected chi connectivity index (χ1v) is 8.47. The summed E-state index contributed by atoms with van der Waals surface area (Å²) in [5.41, 5.74) is 0.571. The summed E-state index contributed by atoms with van der Waals surface area (Å²) in [4.78, 5) is 25.4. The zero-order valence-corrected chi connectivity index (χ0v) is 14.8. The largest absolute Gasteiger partial charge is 0.494 e. The van der Waals surface area contributed by atoms with E-state index in [0.717, 1.165) is 5.75 Å². The normalized spacial score (nSPS) is 10.2. The summed E-state index contributed by atoms with van der Waals surface area (Å²) in [5, 5.41) is 2.56. The Bertz CT molecular complexity index is 722. The molecule has 0 aliphatic rings. The molecule has 0 unspecified atom stereocenters. The lowest BCUT2D eigenvalue weighted by atomic mass is 10.1. The monoisotopic (exact) mass is 358 g/mol. The molecule has 2 rings (SSSR count). The second-order valence-corrected chi connectivity index (χ2v) is 5.91. The van der Waals surface area contributed by atoms with Crippen LogP contribution < -0.4 is 10.1 Å². The van der Waals surface area contributed by atoms with Gasteiger partial charge in [-0.15, -0.1) is 0 Å². The maximum Gasteiger partial charge on any atom is 0.241 e. The Kier molecular flexibility index (Phi) is 7.61. The number of carbonyl (C=O) groups excluding carboxylic acids is 2. The maximum atomic E-state index is 13.1. The molecule has 1 N–H and O–H groups in total. The van der Waals surface area contributed by atoms with Crippen LogP contribution in [0.15, 0.2) is 54.6 Å². The number of rotatable bonds is 9. The van der Waals surface area contributed by atoms with Crippen LogP contribution in [0.3, 0.4) is 0 Å². The third-order valence-electron chi connectivity index (χ3n) is 3.77. The Morgan fingerprint density at radius 3 is 2.62 bits per heavy atom. The fraction of sp³-hybridized carbons (Fsp3) is 0.300. The SMILES string of the molecule is CN(CCCOc1ccccc1)C(=O)CNC(=O)Cc1cccc(F)c1. The van der Waals surface area contributed by atoms with Gasteiger partial charge >= 0.3 is 0 Å². The van der Waals surface area contributed by atoms with E-state index in [2.05, 4.69) is 5.32 Å². The minimum absolute atomic E-state index is 0.0413. The van der Waals surface area contributed by atoms with Crippen molar-refractivity contribution in [3.8, 4) is 5.75 Å². The Balaban J connectivity index is 1.62. The lowest BCUT2D eigenvalue weighted by Crippen LogP contribution is -2.39. The summed E-state index contributed by atoms with van der Waals surface area (Å²) in [6.07, 6.45) is 0.730. The second-order valence-electron chi connectivity index (χ2n) is 5.91. The van der Waals surface area contributed by atoms with Crippen LogP contribution in [0.4, 0.5) is 4.39 Å². The molecule has 0 saturated heterocycles. The van der Waals surface area contributed by atoms with Crippen LogP contribution >= 0.6 is 0 Å². The maximum absolute atomic E-state index is 13.1. The van der Waals surface area contributed by atoms with Gasteiger partial charge in [0.1, 0.15) is 11.6 Å². The third-order valence-corrected chi connectivity index (χ3v) is 3.77. The lowest BCUT2D eigenvalue weighted by molar-refractivity contribution is -0.131. The molecular formula is C20H23FN2O3. The quantitative estimate of drug-likeness (QED) is 0.701. The van der Waals surface area contributed by atoms with Crippen molar-refractivity contribution in [1.29, 1.82) is 0 Å². The summed E-state index contributed by atoms with van der Waals surface area (Å²) in [7, 11) is 1.68. The van der Waals surface area contributed by atoms with E-state index in [9.17, 15) is 14.0 Å². The zero-order valence-electron chi connectivity index (χ0n) is 14.8. The van der Waals surface area contributed by atoms with Crippen molar-refractivity contribution in [3.05, 3.63) is 66.0 Å². The molecule has 5 nitrogen and oxygen atoms in total. The number of ether oxygens (including phenoxy) is 1. The zero-order chi connectivity index (χ0) is 18.8. The van der Waals surface area contributed by atoms with Gasteiger partial charge in [0, 0.05) is 13.6 Å². The molecule has 0 bridgehead atoms. The number of amides is 2. The van der Waals surface area contributed by atoms with Crippen molar-refractivity contribution >= 4 is 11.8 Å². The van der Waals surface area contributed by atoms with Gasteiger partial charge in [0.15, 0.2) is 0 Å². The predicted octanol–water partition coefficient (Wildman–Crippen LogP) is 2.41. The number of carbonyl (C=O) groups is 2. The van der Waals surface area contributed by atoms with E-state index < -0.39 is 0 Å². The molecule has 0 atom stereocenters. The summed E-state index contributed by atoms with van der Waals surface area (Å²) in [6, 6.07) is 15.3. The van der Waals surface area contributed by atoms with Crippen LogP contribution in [0.5, 0.6) is 5.75 Å². The highest BCUT2D eigenvalue weighted by Gasteiger charge is 2.11. The van der Waals surface area contributed by atoms with E-state index in [0.29, 0.717) is 25.1 Å². The summed E-state index contributed by atoms with van der Waals surface area (Å²) in [5.74, 6) is -0.0861. The van der Waals surface area contributed by atoms with E-state index in [4.69, 9.17) is 4.74 Å². The fourth-order valence-corrected chi connectivity index (χ4v) is 2.34. The van der Waals surface area contributed by atoms with Crippen molar-refractivity contribution in [1.82, 2.24) is 10.2 Å². The van der Waals surface area contributed by atoms with Crippen LogP contribution in [0.25, 0.3) is 0 Å². The molecule has 0 spiro atoms. The second kappa shape index (κ2) is 10.2. The fourth-order valence-electron chi connectivity index (χ4n) is 2.34. The number of benzene rings is 2. The topological polar surface area (TPSA) is 58.6 Å². The van der Waals surface area contributed by atoms with Crippen LogP contribution in [0.2, 0.25) is 0 Å². The van der Waals surface area contributed by atoms with E-state index in [-0.39, 0.29) is 30.6 Å². The standard InChI is InChI=1S/C20H23FN2O3/c1-23(11-6-12-26-18-9-3-2-4-10-18)20(25)15-22-19(24)14-16-7-5-8-17(21)13-16/h2-5,7-10,13H,6,11-12,14-15H2,1H3,(H,22,24). The lowest BCUT2D eigenvalue weighted by Gasteiger charge is -2.17. The van der Waals surface area contributed by atoms with Crippen LogP contribution in [0, 0.1) is 5.82 Å². The van der Waals surface area contributed by atoms with Gasteiger partial charge in [-0.2, -0.15) is 0 Å². The van der Waals surface area contributed by atoms with Crippen molar-refractivity contribution in [3.63, 3.8) is 0 Å². The summed E-state index contributed by atoms with van der Waals surface area (Å²) in [6.45, 7) is 0.961. The average molecular weight is 358 g/mol. The van der Waals surface area contributed by atoms with Crippen LogP contribution in [-0.4, -0.2) is 43.5 Å². The molecule has 0 saturated carbocycles. The number of para-hydroxylation sites is 1. The molecule has 0 aromatic heterocycles. The Hall–Kier alpha value is -2.89. The van der Waals surface area contributed by atoms with Gasteiger partial charge in [-0.25, -0.2) is 4.39 Å². The molecule has 26 heavy (non-hydrogen) atoms. The van der Waals surface area contributed by atoms with Crippen molar-refractivity contribution < 1.29 is 18.7 Å². The highest BCUT2D eigenvalue weighted by molar-refractivity contribution is 5.85. The van der Waals surface area contributed by atoms with Gasteiger partial charge in [-0.1, -0.05) is 30.3 Å². The average Bonchev–Trinajstić information content (AvgIpc) is 2.64. The molecule has 0 radical (unpaired) electrons.